The highest BCUT2D eigenvalue weighted by molar-refractivity contribution is 7.38. The zero-order chi connectivity index (χ0) is 33.4. The van der Waals surface area contributed by atoms with E-state index in [1.807, 2.05) is 0 Å². The topological polar surface area (TPSA) is 247 Å². The van der Waals surface area contributed by atoms with Gasteiger partial charge in [-0.2, -0.15) is 0 Å². The number of aromatic carboxylic acids is 4. The summed E-state index contributed by atoms with van der Waals surface area (Å²) in [6.07, 6.45) is 5.04. The van der Waals surface area contributed by atoms with E-state index in [9.17, 15) is 49.1 Å². The highest BCUT2D eigenvalue weighted by Crippen LogP contribution is 2.51. The lowest BCUT2D eigenvalue weighted by atomic mass is 9.81. The molecule has 7 rings (SSSR count). The number of hydrogen-bond donors (Lipinski definition) is 6. The van der Waals surface area contributed by atoms with Gasteiger partial charge in [-0.3, -0.25) is 0 Å². The number of benzene rings is 5. The van der Waals surface area contributed by atoms with E-state index in [4.69, 9.17) is 0 Å². The van der Waals surface area contributed by atoms with Gasteiger partial charge in [-0.1, -0.05) is 22.8 Å². The van der Waals surface area contributed by atoms with Crippen LogP contribution in [0.25, 0.3) is 43.1 Å². The van der Waals surface area contributed by atoms with Gasteiger partial charge < -0.3 is 35.3 Å². The average Bonchev–Trinajstić information content (AvgIpc) is 3.77. The van der Waals surface area contributed by atoms with Crippen molar-refractivity contribution in [2.24, 2.45) is 0 Å². The number of nitrogens with zero attached hydrogens (tertiary/aromatic N) is 2. The Hall–Kier alpha value is -6.24. The summed E-state index contributed by atoms with van der Waals surface area (Å²) >= 11 is 0. The van der Waals surface area contributed by atoms with Gasteiger partial charge in [0.2, 0.25) is 0 Å². The Labute approximate surface area is 262 Å². The van der Waals surface area contributed by atoms with Crippen LogP contribution in [-0.2, 0) is 16.1 Å². The van der Waals surface area contributed by atoms with E-state index in [2.05, 4.69) is 19.9 Å². The van der Waals surface area contributed by atoms with Crippen LogP contribution < -0.4 is 4.89 Å². The number of carboxylic acid groups (broad SMARTS) is 4. The molecule has 232 valence electrons. The summed E-state index contributed by atoms with van der Waals surface area (Å²) in [5.41, 5.74) is -1.26. The maximum atomic E-state index is 13.3. The molecule has 0 bridgehead atoms. The van der Waals surface area contributed by atoms with Crippen LogP contribution in [0, 0.1) is 0 Å². The molecule has 0 saturated carbocycles. The molecule has 0 aliphatic rings. The first-order chi connectivity index (χ1) is 22.5. The van der Waals surface area contributed by atoms with Gasteiger partial charge in [0.15, 0.2) is 11.6 Å². The van der Waals surface area contributed by atoms with Crippen LogP contribution in [0.3, 0.4) is 0 Å². The molecule has 0 saturated heterocycles. The average molecular weight is 650 g/mol. The van der Waals surface area contributed by atoms with E-state index in [0.29, 0.717) is 10.8 Å². The monoisotopic (exact) mass is 650 g/mol. The highest BCUT2D eigenvalue weighted by atomic mass is 31.1. The van der Waals surface area contributed by atoms with Gasteiger partial charge in [-0.15, -0.1) is 0 Å². The number of H-pyrrole nitrogens is 2. The van der Waals surface area contributed by atoms with Crippen molar-refractivity contribution in [3.05, 3.63) is 107 Å². The second-order valence-electron chi connectivity index (χ2n) is 10.8. The Morgan fingerprint density at radius 2 is 1.09 bits per heavy atom. The number of rotatable bonds is 9. The Kier molecular flexibility index (Phi) is 6.53. The molecule has 1 unspecified atom stereocenters. The predicted octanol–water partition coefficient (Wildman–Crippen LogP) is 4.57. The molecule has 15 heteroatoms. The van der Waals surface area contributed by atoms with Crippen molar-refractivity contribution >= 4 is 75.0 Å². The molecule has 7 aromatic rings. The number of aromatic nitrogens is 4. The summed E-state index contributed by atoms with van der Waals surface area (Å²) in [6, 6.07) is 9.19. The van der Waals surface area contributed by atoms with E-state index in [0.717, 1.165) is 0 Å². The summed E-state index contributed by atoms with van der Waals surface area (Å²) in [6.45, 7) is 0. The fourth-order valence-corrected chi connectivity index (χ4v) is 7.59. The second-order valence-corrected chi connectivity index (χ2v) is 12.1. The van der Waals surface area contributed by atoms with Gasteiger partial charge in [0.05, 0.1) is 22.3 Å². The SMILES string of the molecule is O=C(O)c1ccc2c3ccc(C(=O)O)c4c(C(=O)O)cc(CC(c5ncc[nH]5)(c5ncc[nH]5)[P+](=O)[O-])c(c5ccc(C(=O)O)c1c25)c43. The van der Waals surface area contributed by atoms with E-state index in [-0.39, 0.29) is 66.2 Å². The Morgan fingerprint density at radius 3 is 1.51 bits per heavy atom. The second kappa shape index (κ2) is 10.4. The smallest absolute Gasteiger partial charge is 0.336 e. The van der Waals surface area contributed by atoms with Crippen LogP contribution in [-0.4, -0.2) is 64.2 Å². The maximum absolute atomic E-state index is 13.3. The van der Waals surface area contributed by atoms with E-state index in [1.165, 1.54) is 67.3 Å². The van der Waals surface area contributed by atoms with Crippen molar-refractivity contribution in [2.45, 2.75) is 11.6 Å². The maximum Gasteiger partial charge on any atom is 0.336 e. The summed E-state index contributed by atoms with van der Waals surface area (Å²) in [4.78, 5) is 77.5. The lowest BCUT2D eigenvalue weighted by Gasteiger charge is -2.25. The fraction of sp³-hybridized carbons (Fsp3) is 0.0625. The molecule has 6 N–H and O–H groups in total. The van der Waals surface area contributed by atoms with E-state index in [1.54, 1.807) is 0 Å². The molecule has 5 aromatic carbocycles. The largest absolute Gasteiger partial charge is 0.594 e. The van der Waals surface area contributed by atoms with Gasteiger partial charge in [0.1, 0.15) is 0 Å². The number of fused-ring (bicyclic) bond motifs is 2. The summed E-state index contributed by atoms with van der Waals surface area (Å²) < 4.78 is 13.3. The molecule has 0 radical (unpaired) electrons. The van der Waals surface area contributed by atoms with Gasteiger partial charge in [-0.05, 0) is 62.1 Å². The molecule has 2 aromatic heterocycles. The van der Waals surface area contributed by atoms with Crippen LogP contribution in [0.4, 0.5) is 0 Å². The van der Waals surface area contributed by atoms with Gasteiger partial charge in [-0.25, -0.2) is 29.1 Å². The molecule has 47 heavy (non-hydrogen) atoms. The third kappa shape index (κ3) is 4.09. The number of carboxylic acids is 4. The molecule has 0 amide bonds. The Morgan fingerprint density at radius 1 is 0.638 bits per heavy atom. The minimum absolute atomic E-state index is 0.0389. The van der Waals surface area contributed by atoms with Crippen molar-refractivity contribution in [3.63, 3.8) is 0 Å². The standard InChI is InChI=1S/C32H19N4O10P/c37-26(38)17-4-1-14-15-2-5-19(28(41)42)24-20(29(43)44)11-13(21(25(15)24)16-3-6-18(27(39)40)23(17)22(14)16)12-32(47(45)46,30-33-7-8-34-30)31-35-9-10-36-31/h1-11H,12H2,(H,33,34)(H,35,36)(H,37,38)(H,39,40)(H,41,42)(H,43,44). The van der Waals surface area contributed by atoms with Crippen LogP contribution in [0.5, 0.6) is 0 Å². The molecular weight excluding hydrogens is 631 g/mol. The van der Waals surface area contributed by atoms with Gasteiger partial charge in [0, 0.05) is 42.0 Å². The lowest BCUT2D eigenvalue weighted by molar-refractivity contribution is -0.169. The normalized spacial score (nSPS) is 12.3. The van der Waals surface area contributed by atoms with E-state index < -0.39 is 49.0 Å². The molecule has 0 spiro atoms. The molecule has 0 fully saturated rings. The summed E-state index contributed by atoms with van der Waals surface area (Å²) in [7, 11) is -3.47. The van der Waals surface area contributed by atoms with E-state index >= 15 is 0 Å². The first kappa shape index (κ1) is 29.5. The summed E-state index contributed by atoms with van der Waals surface area (Å²) in [5, 5.41) is 39.9. The van der Waals surface area contributed by atoms with Crippen molar-refractivity contribution in [3.8, 4) is 0 Å². The molecule has 0 aliphatic carbocycles. The zero-order valence-corrected chi connectivity index (χ0v) is 24.5. The summed E-state index contributed by atoms with van der Waals surface area (Å²) in [5.74, 6) is -5.77. The van der Waals surface area contributed by atoms with Crippen LogP contribution in [0.15, 0.2) is 67.3 Å². The minimum atomic E-state index is -3.47. The van der Waals surface area contributed by atoms with Gasteiger partial charge in [0.25, 0.3) is 5.16 Å². The predicted molar refractivity (Wildman–Crippen MR) is 165 cm³/mol. The molecular formula is C32H19N4O10P. The molecule has 14 nitrogen and oxygen atoms in total. The number of aromatic amines is 2. The fourth-order valence-electron chi connectivity index (χ4n) is 6.70. The van der Waals surface area contributed by atoms with Gasteiger partial charge >= 0.3 is 31.9 Å². The number of hydrogen-bond acceptors (Lipinski definition) is 8. The first-order valence-corrected chi connectivity index (χ1v) is 15.0. The van der Waals surface area contributed by atoms with Crippen molar-refractivity contribution < 1.29 is 49.1 Å². The number of nitrogens with one attached hydrogen (secondary N) is 2. The molecule has 0 aliphatic heterocycles. The van der Waals surface area contributed by atoms with Crippen molar-refractivity contribution in [2.75, 3.05) is 0 Å². The third-order valence-corrected chi connectivity index (χ3v) is 9.75. The van der Waals surface area contributed by atoms with Crippen LogP contribution in [0.2, 0.25) is 0 Å². The van der Waals surface area contributed by atoms with Crippen LogP contribution in [0.1, 0.15) is 58.6 Å². The van der Waals surface area contributed by atoms with Crippen molar-refractivity contribution in [1.29, 1.82) is 0 Å². The quantitative estimate of drug-likeness (QED) is 0.0715. The Balaban J connectivity index is 1.76. The van der Waals surface area contributed by atoms with Crippen LogP contribution >= 0.6 is 8.03 Å². The number of imidazole rings is 2. The molecule has 1 atom stereocenters. The minimum Gasteiger partial charge on any atom is -0.594 e. The first-order valence-electron chi connectivity index (χ1n) is 13.8. The highest BCUT2D eigenvalue weighted by Gasteiger charge is 2.53. The third-order valence-electron chi connectivity index (χ3n) is 8.54. The number of carbonyl (C=O) groups is 4. The molecule has 2 heterocycles. The van der Waals surface area contributed by atoms with Crippen molar-refractivity contribution in [1.82, 2.24) is 19.9 Å². The Bertz CT molecular complexity index is 2440. The lowest BCUT2D eigenvalue weighted by Crippen LogP contribution is -2.32. The zero-order valence-electron chi connectivity index (χ0n) is 23.6.